The van der Waals surface area contributed by atoms with Crippen LogP contribution in [0.2, 0.25) is 0 Å². The highest BCUT2D eigenvalue weighted by molar-refractivity contribution is 5.87. The Balaban J connectivity index is 2.71. The number of rotatable bonds is 3. The second-order valence-electron chi connectivity index (χ2n) is 4.06. The minimum Gasteiger partial charge on any atom is -0.478 e. The van der Waals surface area contributed by atoms with Gasteiger partial charge in [-0.25, -0.2) is 4.79 Å². The summed E-state index contributed by atoms with van der Waals surface area (Å²) in [7, 11) is 0. The van der Waals surface area contributed by atoms with Crippen LogP contribution in [0.1, 0.15) is 26.7 Å². The van der Waals surface area contributed by atoms with Crippen LogP contribution in [0.5, 0.6) is 0 Å². The van der Waals surface area contributed by atoms with Crippen LogP contribution in [0.4, 0.5) is 0 Å². The van der Waals surface area contributed by atoms with Crippen molar-refractivity contribution in [2.24, 2.45) is 11.8 Å². The van der Waals surface area contributed by atoms with E-state index in [0.717, 1.165) is 12.8 Å². The molecule has 0 bridgehead atoms. The molecule has 80 valence electrons. The van der Waals surface area contributed by atoms with Gasteiger partial charge >= 0.3 is 5.97 Å². The smallest absolute Gasteiger partial charge is 0.331 e. The number of carbonyl (C=O) groups is 1. The second kappa shape index (κ2) is 5.15. The molecule has 1 fully saturated rings. The highest BCUT2D eigenvalue weighted by Gasteiger charge is 2.22. The summed E-state index contributed by atoms with van der Waals surface area (Å²) < 4.78 is 5.21. The van der Waals surface area contributed by atoms with Crippen LogP contribution in [0.15, 0.2) is 11.6 Å². The van der Waals surface area contributed by atoms with Crippen molar-refractivity contribution in [2.45, 2.75) is 26.7 Å². The Hall–Kier alpha value is -0.830. The van der Waals surface area contributed by atoms with Crippen LogP contribution in [-0.2, 0) is 9.53 Å². The average Bonchev–Trinajstić information content (AvgIpc) is 2.15. The number of carboxylic acids is 1. The van der Waals surface area contributed by atoms with Gasteiger partial charge in [0.1, 0.15) is 0 Å². The van der Waals surface area contributed by atoms with Crippen molar-refractivity contribution in [3.63, 3.8) is 0 Å². The van der Waals surface area contributed by atoms with Crippen molar-refractivity contribution < 1.29 is 14.6 Å². The van der Waals surface area contributed by atoms with E-state index in [2.05, 4.69) is 0 Å². The molecule has 1 N–H and O–H groups in total. The van der Waals surface area contributed by atoms with E-state index in [0.29, 0.717) is 24.7 Å². The Morgan fingerprint density at radius 1 is 1.43 bits per heavy atom. The third-order valence-electron chi connectivity index (χ3n) is 2.42. The molecule has 3 nitrogen and oxygen atoms in total. The summed E-state index contributed by atoms with van der Waals surface area (Å²) in [6, 6.07) is 0. The number of aliphatic carboxylic acids is 1. The lowest BCUT2D eigenvalue weighted by Gasteiger charge is -2.23. The Labute approximate surface area is 84.8 Å². The van der Waals surface area contributed by atoms with E-state index in [1.54, 1.807) is 0 Å². The number of ether oxygens (including phenoxy) is 1. The summed E-state index contributed by atoms with van der Waals surface area (Å²) in [6.07, 6.45) is 3.54. The molecule has 0 atom stereocenters. The normalized spacial score (nSPS) is 20.1. The third kappa shape index (κ3) is 3.14. The molecule has 0 amide bonds. The number of hydrogen-bond acceptors (Lipinski definition) is 2. The molecule has 0 aliphatic carbocycles. The SMILES string of the molecule is CC(C)C=C(C(=O)O)C1CCOCC1. The van der Waals surface area contributed by atoms with E-state index < -0.39 is 5.97 Å². The minimum absolute atomic E-state index is 0.184. The van der Waals surface area contributed by atoms with E-state index in [4.69, 9.17) is 9.84 Å². The third-order valence-corrected chi connectivity index (χ3v) is 2.42. The minimum atomic E-state index is -0.773. The van der Waals surface area contributed by atoms with Crippen LogP contribution in [0, 0.1) is 11.8 Å². The van der Waals surface area contributed by atoms with E-state index in [1.807, 2.05) is 19.9 Å². The van der Waals surface area contributed by atoms with Crippen LogP contribution < -0.4 is 0 Å². The molecule has 14 heavy (non-hydrogen) atoms. The summed E-state index contributed by atoms with van der Waals surface area (Å²) in [4.78, 5) is 11.0. The molecular formula is C11H18O3. The van der Waals surface area contributed by atoms with E-state index >= 15 is 0 Å². The maximum Gasteiger partial charge on any atom is 0.331 e. The van der Waals surface area contributed by atoms with Crippen LogP contribution in [-0.4, -0.2) is 24.3 Å². The van der Waals surface area contributed by atoms with Gasteiger partial charge in [0.05, 0.1) is 0 Å². The summed E-state index contributed by atoms with van der Waals surface area (Å²) >= 11 is 0. The maximum atomic E-state index is 11.0. The molecule has 0 spiro atoms. The van der Waals surface area contributed by atoms with Gasteiger partial charge in [0, 0.05) is 18.8 Å². The van der Waals surface area contributed by atoms with E-state index in [-0.39, 0.29) is 5.92 Å². The summed E-state index contributed by atoms with van der Waals surface area (Å²) in [6.45, 7) is 5.38. The van der Waals surface area contributed by atoms with Crippen molar-refractivity contribution in [2.75, 3.05) is 13.2 Å². The zero-order valence-electron chi connectivity index (χ0n) is 8.82. The Kier molecular flexibility index (Phi) is 4.14. The molecule has 1 rings (SSSR count). The molecule has 0 unspecified atom stereocenters. The van der Waals surface area contributed by atoms with E-state index in [9.17, 15) is 4.79 Å². The largest absolute Gasteiger partial charge is 0.478 e. The topological polar surface area (TPSA) is 46.5 Å². The number of hydrogen-bond donors (Lipinski definition) is 1. The molecule has 1 heterocycles. The zero-order valence-corrected chi connectivity index (χ0v) is 8.82. The lowest BCUT2D eigenvalue weighted by atomic mass is 9.89. The van der Waals surface area contributed by atoms with Gasteiger partial charge in [0.2, 0.25) is 0 Å². The average molecular weight is 198 g/mol. The fourth-order valence-corrected chi connectivity index (χ4v) is 1.75. The first kappa shape index (κ1) is 11.2. The summed E-state index contributed by atoms with van der Waals surface area (Å²) in [5, 5.41) is 9.07. The first-order chi connectivity index (χ1) is 6.61. The number of allylic oxidation sites excluding steroid dienone is 1. The van der Waals surface area contributed by atoms with Crippen molar-refractivity contribution in [1.29, 1.82) is 0 Å². The monoisotopic (exact) mass is 198 g/mol. The van der Waals surface area contributed by atoms with Crippen molar-refractivity contribution in [3.05, 3.63) is 11.6 Å². The molecular weight excluding hydrogens is 180 g/mol. The van der Waals surface area contributed by atoms with Gasteiger partial charge in [-0.05, 0) is 24.7 Å². The second-order valence-corrected chi connectivity index (χ2v) is 4.06. The Bertz CT molecular complexity index is 225. The fraction of sp³-hybridized carbons (Fsp3) is 0.727. The standard InChI is InChI=1S/C11H18O3/c1-8(2)7-10(11(12)13)9-3-5-14-6-4-9/h7-9H,3-6H2,1-2H3,(H,12,13). The summed E-state index contributed by atoms with van der Waals surface area (Å²) in [5.74, 6) is -0.293. The van der Waals surface area contributed by atoms with E-state index in [1.165, 1.54) is 0 Å². The molecule has 0 radical (unpaired) electrons. The molecule has 0 aromatic heterocycles. The lowest BCUT2D eigenvalue weighted by Crippen LogP contribution is -2.21. The van der Waals surface area contributed by atoms with Gasteiger partial charge in [-0.1, -0.05) is 19.9 Å². The molecule has 0 saturated carbocycles. The van der Waals surface area contributed by atoms with Gasteiger partial charge in [-0.15, -0.1) is 0 Å². The maximum absolute atomic E-state index is 11.0. The fourth-order valence-electron chi connectivity index (χ4n) is 1.75. The highest BCUT2D eigenvalue weighted by Crippen LogP contribution is 2.24. The van der Waals surface area contributed by atoms with Gasteiger partial charge in [-0.3, -0.25) is 0 Å². The predicted molar refractivity (Wildman–Crippen MR) is 54.1 cm³/mol. The molecule has 1 saturated heterocycles. The van der Waals surface area contributed by atoms with Gasteiger partial charge < -0.3 is 9.84 Å². The number of carboxylic acid groups (broad SMARTS) is 1. The van der Waals surface area contributed by atoms with Crippen LogP contribution >= 0.6 is 0 Å². The quantitative estimate of drug-likeness (QED) is 0.706. The predicted octanol–water partition coefficient (Wildman–Crippen LogP) is 2.08. The lowest BCUT2D eigenvalue weighted by molar-refractivity contribution is -0.133. The molecule has 1 aliphatic rings. The highest BCUT2D eigenvalue weighted by atomic mass is 16.5. The summed E-state index contributed by atoms with van der Waals surface area (Å²) in [5.41, 5.74) is 0.573. The molecule has 1 aliphatic heterocycles. The van der Waals surface area contributed by atoms with Crippen LogP contribution in [0.3, 0.4) is 0 Å². The Morgan fingerprint density at radius 2 is 2.00 bits per heavy atom. The first-order valence-electron chi connectivity index (χ1n) is 5.14. The molecule has 0 aromatic rings. The van der Waals surface area contributed by atoms with Gasteiger partial charge in [-0.2, -0.15) is 0 Å². The Morgan fingerprint density at radius 3 is 2.43 bits per heavy atom. The molecule has 0 aromatic carbocycles. The molecule has 3 heteroatoms. The first-order valence-corrected chi connectivity index (χ1v) is 5.14. The van der Waals surface area contributed by atoms with Gasteiger partial charge in [0.25, 0.3) is 0 Å². The van der Waals surface area contributed by atoms with Crippen molar-refractivity contribution in [3.8, 4) is 0 Å². The van der Waals surface area contributed by atoms with Gasteiger partial charge in [0.15, 0.2) is 0 Å². The van der Waals surface area contributed by atoms with Crippen molar-refractivity contribution >= 4 is 5.97 Å². The zero-order chi connectivity index (χ0) is 10.6. The van der Waals surface area contributed by atoms with Crippen molar-refractivity contribution in [1.82, 2.24) is 0 Å². The van der Waals surface area contributed by atoms with Crippen LogP contribution in [0.25, 0.3) is 0 Å².